The Morgan fingerprint density at radius 2 is 1.44 bits per heavy atom. The summed E-state index contributed by atoms with van der Waals surface area (Å²) in [6, 6.07) is 34.8. The van der Waals surface area contributed by atoms with Gasteiger partial charge in [-0.3, -0.25) is 0 Å². The van der Waals surface area contributed by atoms with Gasteiger partial charge in [-0.1, -0.05) is 177 Å². The Morgan fingerprint density at radius 1 is 0.733 bits per heavy atom. The summed E-state index contributed by atoms with van der Waals surface area (Å²) in [4.78, 5) is 0. The molecule has 0 bridgehead atoms. The van der Waals surface area contributed by atoms with Crippen molar-refractivity contribution in [1.82, 2.24) is 0 Å². The number of benzene rings is 4. The van der Waals surface area contributed by atoms with Gasteiger partial charge in [-0.25, -0.2) is 4.39 Å². The molecule has 2 unspecified atom stereocenters. The highest BCUT2D eigenvalue weighted by Gasteiger charge is 2.52. The molecule has 0 nitrogen and oxygen atoms in total. The summed E-state index contributed by atoms with van der Waals surface area (Å²) in [7, 11) is 0. The van der Waals surface area contributed by atoms with E-state index in [1.807, 2.05) is 24.3 Å². The van der Waals surface area contributed by atoms with Crippen molar-refractivity contribution in [3.8, 4) is 0 Å². The SMILES string of the molecule is C=C=C(/C=C\F)c1ccc(C2(c3ccccc3)c3ccccc3C3(C=C/C=C\C=C)/C(C)=C/C=C\C=Cc4cccc2c43)cc1. The quantitative estimate of drug-likeness (QED) is 0.150. The second-order valence-electron chi connectivity index (χ2n) is 11.3. The molecule has 0 fully saturated rings. The normalized spacial score (nSPS) is 22.0. The Labute approximate surface area is 266 Å². The van der Waals surface area contributed by atoms with Crippen LogP contribution < -0.4 is 0 Å². The lowest BCUT2D eigenvalue weighted by Crippen LogP contribution is -2.44. The fraction of sp³-hybridized carbons (Fsp3) is 0.0682. The number of allylic oxidation sites excluding steroid dienone is 12. The van der Waals surface area contributed by atoms with Gasteiger partial charge in [0.15, 0.2) is 0 Å². The van der Waals surface area contributed by atoms with Gasteiger partial charge in [0.25, 0.3) is 0 Å². The Morgan fingerprint density at radius 3 is 2.18 bits per heavy atom. The van der Waals surface area contributed by atoms with Crippen molar-refractivity contribution >= 4 is 11.6 Å². The van der Waals surface area contributed by atoms with Crippen LogP contribution in [-0.4, -0.2) is 0 Å². The zero-order valence-electron chi connectivity index (χ0n) is 25.5. The van der Waals surface area contributed by atoms with Gasteiger partial charge >= 0.3 is 0 Å². The van der Waals surface area contributed by atoms with E-state index in [0.717, 1.165) is 11.1 Å². The summed E-state index contributed by atoms with van der Waals surface area (Å²) in [5, 5.41) is 0. The molecule has 0 heterocycles. The molecule has 2 atom stereocenters. The fourth-order valence-corrected chi connectivity index (χ4v) is 7.20. The third-order valence-electron chi connectivity index (χ3n) is 9.08. The maximum Gasteiger partial charge on any atom is 0.0879 e. The molecule has 4 aromatic rings. The lowest BCUT2D eigenvalue weighted by molar-refractivity contribution is 0.619. The monoisotopic (exact) mass is 582 g/mol. The fourth-order valence-electron chi connectivity index (χ4n) is 7.20. The maximum atomic E-state index is 13.2. The second-order valence-corrected chi connectivity index (χ2v) is 11.3. The van der Waals surface area contributed by atoms with E-state index in [9.17, 15) is 4.39 Å². The lowest BCUT2D eigenvalue weighted by atomic mass is 9.51. The van der Waals surface area contributed by atoms with Gasteiger partial charge in [-0.2, -0.15) is 0 Å². The predicted octanol–water partition coefficient (Wildman–Crippen LogP) is 11.1. The van der Waals surface area contributed by atoms with Crippen LogP contribution in [0.15, 0.2) is 189 Å². The second kappa shape index (κ2) is 12.6. The molecule has 0 radical (unpaired) electrons. The molecule has 2 aliphatic rings. The average molecular weight is 583 g/mol. The Bertz CT molecular complexity index is 1970. The molecule has 0 aliphatic heterocycles. The van der Waals surface area contributed by atoms with Gasteiger partial charge in [0, 0.05) is 5.57 Å². The standard InChI is InChI=1S/C44H35F/c1-4-6-7-16-31-43-33(3)18-10-8-11-19-36-20-17-25-41(42(36)43)44(37-21-12-9-13-22-37,40-24-15-14-23-39(40)43)38-28-26-35(27-29-38)34(5-2)30-32-45/h4,6-32H,1-2H2,3H3/b7-6-,10-8-,19-11?,31-16?,32-30-,33-18+. The number of halogens is 1. The summed E-state index contributed by atoms with van der Waals surface area (Å²) in [5.41, 5.74) is 12.8. The molecule has 0 saturated carbocycles. The Kier molecular flexibility index (Phi) is 8.30. The molecule has 1 heteroatoms. The average Bonchev–Trinajstić information content (AvgIpc) is 3.15. The van der Waals surface area contributed by atoms with Gasteiger partial charge in [-0.15, -0.1) is 5.73 Å². The first-order valence-electron chi connectivity index (χ1n) is 15.2. The molecule has 0 aromatic heterocycles. The predicted molar refractivity (Wildman–Crippen MR) is 189 cm³/mol. The van der Waals surface area contributed by atoms with E-state index in [1.165, 1.54) is 45.0 Å². The highest BCUT2D eigenvalue weighted by Crippen LogP contribution is 2.59. The molecule has 4 aromatic carbocycles. The zero-order chi connectivity index (χ0) is 31.3. The summed E-state index contributed by atoms with van der Waals surface area (Å²) in [6.45, 7) is 9.89. The summed E-state index contributed by atoms with van der Waals surface area (Å²) in [6.07, 6.45) is 23.0. The Balaban J connectivity index is 1.80. The van der Waals surface area contributed by atoms with Gasteiger partial charge in [0.05, 0.1) is 17.2 Å². The number of hydrogen-bond donors (Lipinski definition) is 0. The third-order valence-corrected chi connectivity index (χ3v) is 9.08. The zero-order valence-corrected chi connectivity index (χ0v) is 25.5. The first-order valence-corrected chi connectivity index (χ1v) is 15.2. The van der Waals surface area contributed by atoms with Crippen molar-refractivity contribution in [2.24, 2.45) is 0 Å². The molecule has 218 valence electrons. The molecule has 2 aliphatic carbocycles. The minimum Gasteiger partial charge on any atom is -0.215 e. The summed E-state index contributed by atoms with van der Waals surface area (Å²) in [5.74, 6) is 0. The van der Waals surface area contributed by atoms with E-state index in [0.29, 0.717) is 11.9 Å². The maximum absolute atomic E-state index is 13.2. The van der Waals surface area contributed by atoms with Gasteiger partial charge in [0.1, 0.15) is 0 Å². The van der Waals surface area contributed by atoms with Crippen LogP contribution in [0.25, 0.3) is 11.6 Å². The molecular weight excluding hydrogens is 547 g/mol. The minimum absolute atomic E-state index is 0.532. The molecular formula is C44H35F. The molecule has 0 amide bonds. The van der Waals surface area contributed by atoms with Crippen LogP contribution in [0.2, 0.25) is 0 Å². The summed E-state index contributed by atoms with van der Waals surface area (Å²) >= 11 is 0. The molecule has 0 spiro atoms. The van der Waals surface area contributed by atoms with Crippen molar-refractivity contribution in [2.45, 2.75) is 17.8 Å². The highest BCUT2D eigenvalue weighted by molar-refractivity contribution is 5.79. The topological polar surface area (TPSA) is 0 Å². The van der Waals surface area contributed by atoms with Crippen LogP contribution >= 0.6 is 0 Å². The first-order chi connectivity index (χ1) is 22.1. The van der Waals surface area contributed by atoms with Crippen molar-refractivity contribution in [1.29, 1.82) is 0 Å². The van der Waals surface area contributed by atoms with E-state index in [-0.39, 0.29) is 0 Å². The van der Waals surface area contributed by atoms with Crippen LogP contribution in [0.3, 0.4) is 0 Å². The lowest BCUT2D eigenvalue weighted by Gasteiger charge is -2.50. The van der Waals surface area contributed by atoms with Crippen LogP contribution in [0.4, 0.5) is 4.39 Å². The first kappa shape index (κ1) is 29.6. The third kappa shape index (κ3) is 4.79. The van der Waals surface area contributed by atoms with Crippen molar-refractivity contribution in [2.75, 3.05) is 0 Å². The van der Waals surface area contributed by atoms with Crippen LogP contribution in [0.5, 0.6) is 0 Å². The number of fused-ring (bicyclic) bond motifs is 2. The van der Waals surface area contributed by atoms with Gasteiger partial charge in [0.2, 0.25) is 0 Å². The Hall–Kier alpha value is -5.49. The largest absolute Gasteiger partial charge is 0.215 e. The highest BCUT2D eigenvalue weighted by atomic mass is 19.1. The molecule has 0 saturated heterocycles. The molecule has 45 heavy (non-hydrogen) atoms. The van der Waals surface area contributed by atoms with E-state index < -0.39 is 10.8 Å². The van der Waals surface area contributed by atoms with Gasteiger partial charge < -0.3 is 0 Å². The summed E-state index contributed by atoms with van der Waals surface area (Å²) < 4.78 is 13.2. The van der Waals surface area contributed by atoms with E-state index in [2.05, 4.69) is 153 Å². The van der Waals surface area contributed by atoms with E-state index in [4.69, 9.17) is 0 Å². The van der Waals surface area contributed by atoms with Crippen molar-refractivity contribution in [3.05, 3.63) is 233 Å². The van der Waals surface area contributed by atoms with Crippen molar-refractivity contribution in [3.63, 3.8) is 0 Å². The minimum atomic E-state index is -0.639. The van der Waals surface area contributed by atoms with Gasteiger partial charge in [-0.05, 0) is 57.5 Å². The van der Waals surface area contributed by atoms with E-state index in [1.54, 1.807) is 6.08 Å². The smallest absolute Gasteiger partial charge is 0.0879 e. The van der Waals surface area contributed by atoms with Crippen LogP contribution in [0, 0.1) is 0 Å². The van der Waals surface area contributed by atoms with Crippen LogP contribution in [0.1, 0.15) is 51.4 Å². The molecule has 6 rings (SSSR count). The van der Waals surface area contributed by atoms with Crippen molar-refractivity contribution < 1.29 is 4.39 Å². The van der Waals surface area contributed by atoms with E-state index >= 15 is 0 Å². The number of hydrogen-bond acceptors (Lipinski definition) is 0. The number of rotatable bonds is 7. The van der Waals surface area contributed by atoms with Crippen LogP contribution in [-0.2, 0) is 10.8 Å². The molecule has 0 N–H and O–H groups in total.